The molecule has 4 aromatic rings. The fourth-order valence-electron chi connectivity index (χ4n) is 5.30. The molecule has 0 aliphatic heterocycles. The summed E-state index contributed by atoms with van der Waals surface area (Å²) < 4.78 is 19.5. The van der Waals surface area contributed by atoms with Crippen LogP contribution in [-0.4, -0.2) is 38.9 Å². The Kier molecular flexibility index (Phi) is 6.03. The number of nitrogens with zero attached hydrogens (tertiary/aromatic N) is 3. The summed E-state index contributed by atoms with van der Waals surface area (Å²) in [7, 11) is 0. The maximum atomic E-state index is 13.6. The Bertz CT molecular complexity index is 1430. The number of aromatic nitrogens is 2. The zero-order valence-electron chi connectivity index (χ0n) is 19.9. The number of hydrogen-bond donors (Lipinski definition) is 2. The zero-order chi connectivity index (χ0) is 24.6. The lowest BCUT2D eigenvalue weighted by Crippen LogP contribution is -2.53. The van der Waals surface area contributed by atoms with E-state index < -0.39 is 0 Å². The Labute approximate surface area is 202 Å². The molecule has 1 aliphatic rings. The number of para-hydroxylation sites is 1. The van der Waals surface area contributed by atoms with Gasteiger partial charge in [-0.25, -0.2) is 9.37 Å². The zero-order valence-corrected chi connectivity index (χ0v) is 19.9. The molecule has 7 nitrogen and oxygen atoms in total. The molecular weight excluding hydrogens is 445 g/mol. The molecule has 1 amide bonds. The lowest BCUT2D eigenvalue weighted by atomic mass is 9.79. The van der Waals surface area contributed by atoms with Crippen LogP contribution in [0.15, 0.2) is 46.9 Å². The van der Waals surface area contributed by atoms with Crippen LogP contribution in [0.2, 0.25) is 0 Å². The van der Waals surface area contributed by atoms with Crippen molar-refractivity contribution in [2.75, 3.05) is 6.54 Å². The fourth-order valence-corrected chi connectivity index (χ4v) is 5.30. The minimum atomic E-state index is -0.381. The lowest BCUT2D eigenvalue weighted by Gasteiger charge is -2.43. The van der Waals surface area contributed by atoms with Crippen molar-refractivity contribution in [3.8, 4) is 6.07 Å². The van der Waals surface area contributed by atoms with Gasteiger partial charge in [-0.15, -0.1) is 0 Å². The topological polar surface area (TPSA) is 97.9 Å². The summed E-state index contributed by atoms with van der Waals surface area (Å²) in [6.45, 7) is 5.12. The van der Waals surface area contributed by atoms with Crippen molar-refractivity contribution < 1.29 is 13.6 Å². The van der Waals surface area contributed by atoms with Crippen LogP contribution in [-0.2, 0) is 6.54 Å². The van der Waals surface area contributed by atoms with E-state index in [1.807, 2.05) is 36.1 Å². The van der Waals surface area contributed by atoms with Gasteiger partial charge in [0.1, 0.15) is 28.8 Å². The Morgan fingerprint density at radius 3 is 3.00 bits per heavy atom. The summed E-state index contributed by atoms with van der Waals surface area (Å²) in [5, 5.41) is 14.1. The van der Waals surface area contributed by atoms with E-state index in [1.54, 1.807) is 6.07 Å². The van der Waals surface area contributed by atoms with E-state index >= 15 is 0 Å². The van der Waals surface area contributed by atoms with Crippen molar-refractivity contribution in [3.63, 3.8) is 0 Å². The number of H-pyrrole nitrogens is 1. The van der Waals surface area contributed by atoms with Crippen molar-refractivity contribution in [3.05, 3.63) is 65.4 Å². The summed E-state index contributed by atoms with van der Waals surface area (Å²) >= 11 is 0. The first-order chi connectivity index (χ1) is 16.9. The molecule has 2 aromatic heterocycles. The number of fused-ring (bicyclic) bond motifs is 2. The molecular formula is C27H28FN5O2. The number of imidazole rings is 1. The van der Waals surface area contributed by atoms with Crippen molar-refractivity contribution in [2.45, 2.75) is 57.7 Å². The first-order valence-electron chi connectivity index (χ1n) is 12.0. The molecule has 0 saturated heterocycles. The summed E-state index contributed by atoms with van der Waals surface area (Å²) in [5.74, 6) is 0.305. The van der Waals surface area contributed by atoms with E-state index in [9.17, 15) is 14.4 Å². The normalized spacial score (nSPS) is 20.2. The second kappa shape index (κ2) is 9.16. The second-order valence-electron chi connectivity index (χ2n) is 9.51. The number of furan rings is 1. The summed E-state index contributed by atoms with van der Waals surface area (Å²) in [6.07, 6.45) is 3.60. The molecule has 2 N–H and O–H groups in total. The number of rotatable bonds is 6. The van der Waals surface area contributed by atoms with Crippen LogP contribution in [0.3, 0.4) is 0 Å². The maximum Gasteiger partial charge on any atom is 0.289 e. The molecule has 2 atom stereocenters. The highest BCUT2D eigenvalue weighted by molar-refractivity contribution is 5.94. The van der Waals surface area contributed by atoms with Crippen LogP contribution < -0.4 is 5.32 Å². The Morgan fingerprint density at radius 1 is 1.37 bits per heavy atom. The number of hydrogen-bond acceptors (Lipinski definition) is 5. The van der Waals surface area contributed by atoms with Crippen molar-refractivity contribution >= 4 is 27.9 Å². The molecule has 2 heterocycles. The van der Waals surface area contributed by atoms with Gasteiger partial charge in [0.15, 0.2) is 5.82 Å². The molecule has 1 aliphatic carbocycles. The van der Waals surface area contributed by atoms with Gasteiger partial charge >= 0.3 is 0 Å². The van der Waals surface area contributed by atoms with Gasteiger partial charge < -0.3 is 19.6 Å². The number of amides is 1. The van der Waals surface area contributed by atoms with Crippen molar-refractivity contribution in [1.82, 2.24) is 20.2 Å². The number of halogens is 1. The van der Waals surface area contributed by atoms with Crippen LogP contribution >= 0.6 is 0 Å². The largest absolute Gasteiger partial charge is 0.458 e. The minimum absolute atomic E-state index is 0.0369. The molecule has 35 heavy (non-hydrogen) atoms. The fraction of sp³-hybridized carbons (Fsp3) is 0.370. The van der Waals surface area contributed by atoms with Gasteiger partial charge in [-0.2, -0.15) is 5.26 Å². The maximum absolute atomic E-state index is 13.6. The van der Waals surface area contributed by atoms with Crippen LogP contribution in [0.25, 0.3) is 22.0 Å². The van der Waals surface area contributed by atoms with E-state index in [4.69, 9.17) is 4.42 Å². The SMILES string of the molecule is CCN(C(=O)c1nc2cc(F)ccc2[nH]1)[C@H]1CCCC(C)(NCc2oc3ccccc3c2C#N)C1. The molecule has 0 spiro atoms. The highest BCUT2D eigenvalue weighted by Crippen LogP contribution is 2.33. The van der Waals surface area contributed by atoms with Crippen LogP contribution in [0, 0.1) is 17.1 Å². The third-order valence-electron chi connectivity index (χ3n) is 7.10. The van der Waals surface area contributed by atoms with Gasteiger partial charge in [0, 0.05) is 29.6 Å². The summed E-state index contributed by atoms with van der Waals surface area (Å²) in [4.78, 5) is 22.6. The first-order valence-corrected chi connectivity index (χ1v) is 12.0. The van der Waals surface area contributed by atoms with Crippen LogP contribution in [0.1, 0.15) is 61.5 Å². The highest BCUT2D eigenvalue weighted by atomic mass is 19.1. The summed E-state index contributed by atoms with van der Waals surface area (Å²) in [6, 6.07) is 14.2. The first kappa shape index (κ1) is 23.1. The Balaban J connectivity index is 1.32. The number of carbonyl (C=O) groups excluding carboxylic acids is 1. The van der Waals surface area contributed by atoms with E-state index in [-0.39, 0.29) is 29.1 Å². The van der Waals surface area contributed by atoms with E-state index in [0.29, 0.717) is 41.0 Å². The quantitative estimate of drug-likeness (QED) is 0.397. The van der Waals surface area contributed by atoms with Gasteiger partial charge in [0.2, 0.25) is 0 Å². The Morgan fingerprint density at radius 2 is 2.20 bits per heavy atom. The lowest BCUT2D eigenvalue weighted by molar-refractivity contribution is 0.0563. The van der Waals surface area contributed by atoms with Gasteiger partial charge in [-0.3, -0.25) is 4.79 Å². The monoisotopic (exact) mass is 473 g/mol. The molecule has 0 bridgehead atoms. The molecule has 1 saturated carbocycles. The van der Waals surface area contributed by atoms with Crippen molar-refractivity contribution in [1.29, 1.82) is 5.26 Å². The van der Waals surface area contributed by atoms with Crippen LogP contribution in [0.5, 0.6) is 0 Å². The minimum Gasteiger partial charge on any atom is -0.458 e. The van der Waals surface area contributed by atoms with Gasteiger partial charge in [-0.1, -0.05) is 12.1 Å². The highest BCUT2D eigenvalue weighted by Gasteiger charge is 2.37. The van der Waals surface area contributed by atoms with E-state index in [2.05, 4.69) is 28.3 Å². The molecule has 0 radical (unpaired) electrons. The molecule has 180 valence electrons. The second-order valence-corrected chi connectivity index (χ2v) is 9.51. The molecule has 1 fully saturated rings. The standard InChI is InChI=1S/C27H28FN5O2/c1-3-33(26(34)25-31-21-11-10-17(28)13-22(21)32-25)18-7-6-12-27(2,14-18)30-16-24-20(15-29)19-8-4-5-9-23(19)35-24/h4-5,8-11,13,18,30H,3,6-7,12,14,16H2,1-2H3,(H,31,32)/t18-,27?/m0/s1. The number of nitrogens with one attached hydrogen (secondary N) is 2. The number of benzene rings is 2. The molecule has 2 aromatic carbocycles. The van der Waals surface area contributed by atoms with E-state index in [0.717, 1.165) is 31.1 Å². The smallest absolute Gasteiger partial charge is 0.289 e. The van der Waals surface area contributed by atoms with Crippen molar-refractivity contribution in [2.24, 2.45) is 0 Å². The number of aromatic amines is 1. The Hall–Kier alpha value is -3.70. The summed E-state index contributed by atoms with van der Waals surface area (Å²) in [5.41, 5.74) is 2.13. The average molecular weight is 474 g/mol. The third-order valence-corrected chi connectivity index (χ3v) is 7.10. The van der Waals surface area contributed by atoms with Gasteiger partial charge in [0.05, 0.1) is 17.6 Å². The number of carbonyl (C=O) groups is 1. The average Bonchev–Trinajstić information content (AvgIpc) is 3.44. The van der Waals surface area contributed by atoms with Gasteiger partial charge in [-0.05, 0) is 63.8 Å². The molecule has 1 unspecified atom stereocenters. The number of nitriles is 1. The predicted octanol–water partition coefficient (Wildman–Crippen LogP) is 5.27. The van der Waals surface area contributed by atoms with E-state index in [1.165, 1.54) is 12.1 Å². The predicted molar refractivity (Wildman–Crippen MR) is 131 cm³/mol. The molecule has 5 rings (SSSR count). The third kappa shape index (κ3) is 4.40. The van der Waals surface area contributed by atoms with Gasteiger partial charge in [0.25, 0.3) is 5.91 Å². The molecule has 8 heteroatoms. The van der Waals surface area contributed by atoms with Crippen LogP contribution in [0.4, 0.5) is 4.39 Å².